The monoisotopic (exact) mass is 358 g/mol. The van der Waals surface area contributed by atoms with Gasteiger partial charge in [0.05, 0.1) is 0 Å². The zero-order valence-electron chi connectivity index (χ0n) is 15.3. The van der Waals surface area contributed by atoms with E-state index in [4.69, 9.17) is 23.7 Å². The van der Waals surface area contributed by atoms with E-state index >= 15 is 0 Å². The minimum atomic E-state index is -0.974. The van der Waals surface area contributed by atoms with Crippen molar-refractivity contribution in [1.82, 2.24) is 10.6 Å². The molecule has 25 heavy (non-hydrogen) atoms. The number of likely N-dealkylation sites (N-methyl/N-ethyl adjacent to an activating group) is 1. The van der Waals surface area contributed by atoms with Crippen molar-refractivity contribution in [1.29, 1.82) is 0 Å². The molecule has 0 saturated carbocycles. The fourth-order valence-corrected chi connectivity index (χ4v) is 3.40. The summed E-state index contributed by atoms with van der Waals surface area (Å²) in [5, 5.41) is 5.12. The van der Waals surface area contributed by atoms with Gasteiger partial charge in [0.25, 0.3) is 5.91 Å². The molecular formula is C16H26N2O7. The van der Waals surface area contributed by atoms with Gasteiger partial charge in [-0.3, -0.25) is 9.59 Å². The van der Waals surface area contributed by atoms with Crippen LogP contribution in [0.25, 0.3) is 0 Å². The van der Waals surface area contributed by atoms with E-state index in [1.165, 1.54) is 7.05 Å². The molecule has 0 aromatic carbocycles. The van der Waals surface area contributed by atoms with Crippen LogP contribution in [0, 0.1) is 0 Å². The lowest BCUT2D eigenvalue weighted by Gasteiger charge is -2.36. The quantitative estimate of drug-likeness (QED) is 0.709. The van der Waals surface area contributed by atoms with Crippen LogP contribution in [-0.4, -0.2) is 67.2 Å². The zero-order chi connectivity index (χ0) is 18.6. The summed E-state index contributed by atoms with van der Waals surface area (Å²) < 4.78 is 29.3. The zero-order valence-corrected chi connectivity index (χ0v) is 15.3. The molecule has 3 saturated heterocycles. The highest BCUT2D eigenvalue weighted by atomic mass is 16.9. The van der Waals surface area contributed by atoms with Crippen LogP contribution >= 0.6 is 0 Å². The van der Waals surface area contributed by atoms with Crippen LogP contribution in [0.5, 0.6) is 0 Å². The minimum absolute atomic E-state index is 0.302. The van der Waals surface area contributed by atoms with E-state index in [1.807, 2.05) is 0 Å². The van der Waals surface area contributed by atoms with E-state index in [-0.39, 0.29) is 5.91 Å². The van der Waals surface area contributed by atoms with Crippen molar-refractivity contribution >= 4 is 11.8 Å². The largest absolute Gasteiger partial charge is 0.357 e. The molecule has 3 aliphatic rings. The summed E-state index contributed by atoms with van der Waals surface area (Å²) >= 11 is 0. The van der Waals surface area contributed by atoms with Gasteiger partial charge < -0.3 is 34.3 Å². The average Bonchev–Trinajstić information content (AvgIpc) is 2.99. The van der Waals surface area contributed by atoms with Crippen LogP contribution in [-0.2, 0) is 33.3 Å². The van der Waals surface area contributed by atoms with Crippen LogP contribution in [0.15, 0.2) is 0 Å². The van der Waals surface area contributed by atoms with Crippen LogP contribution in [0.1, 0.15) is 34.6 Å². The van der Waals surface area contributed by atoms with Gasteiger partial charge in [-0.1, -0.05) is 0 Å². The van der Waals surface area contributed by atoms with Gasteiger partial charge in [-0.15, -0.1) is 0 Å². The Hall–Kier alpha value is -1.26. The van der Waals surface area contributed by atoms with Gasteiger partial charge in [-0.2, -0.15) is 0 Å². The van der Waals surface area contributed by atoms with E-state index in [1.54, 1.807) is 34.6 Å². The van der Waals surface area contributed by atoms with E-state index in [0.717, 1.165) is 0 Å². The van der Waals surface area contributed by atoms with Gasteiger partial charge in [0, 0.05) is 7.05 Å². The summed E-state index contributed by atoms with van der Waals surface area (Å²) in [7, 11) is 1.50. The SMILES string of the molecule is CNC(=O)[C@H](C)NC(=O)[C@H]1O[C@@H]2OC(C)(C)O[C@@H]2[C@H]2OC(C)(C)O[C@H]21. The van der Waals surface area contributed by atoms with E-state index in [2.05, 4.69) is 10.6 Å². The smallest absolute Gasteiger partial charge is 0.252 e. The Morgan fingerprint density at radius 2 is 1.48 bits per heavy atom. The maximum atomic E-state index is 12.7. The second kappa shape index (κ2) is 6.17. The van der Waals surface area contributed by atoms with Gasteiger partial charge in [0.15, 0.2) is 24.0 Å². The Morgan fingerprint density at radius 3 is 2.12 bits per heavy atom. The molecule has 0 aromatic heterocycles. The lowest BCUT2D eigenvalue weighted by molar-refractivity contribution is -0.231. The molecule has 3 heterocycles. The number of fused-ring (bicyclic) bond motifs is 3. The number of hydrogen-bond donors (Lipinski definition) is 2. The summed E-state index contributed by atoms with van der Waals surface area (Å²) in [4.78, 5) is 24.3. The summed E-state index contributed by atoms with van der Waals surface area (Å²) in [5.41, 5.74) is 0. The average molecular weight is 358 g/mol. The maximum absolute atomic E-state index is 12.7. The van der Waals surface area contributed by atoms with E-state index in [9.17, 15) is 9.59 Å². The molecule has 2 N–H and O–H groups in total. The molecule has 0 aliphatic carbocycles. The van der Waals surface area contributed by atoms with Gasteiger partial charge in [0.2, 0.25) is 5.91 Å². The molecule has 6 atom stereocenters. The van der Waals surface area contributed by atoms with Crippen molar-refractivity contribution in [2.45, 2.75) is 82.9 Å². The fraction of sp³-hybridized carbons (Fsp3) is 0.875. The Kier molecular flexibility index (Phi) is 4.57. The first-order valence-corrected chi connectivity index (χ1v) is 8.42. The summed E-state index contributed by atoms with van der Waals surface area (Å²) in [5.74, 6) is -2.49. The number of hydrogen-bond acceptors (Lipinski definition) is 7. The minimum Gasteiger partial charge on any atom is -0.357 e. The molecule has 0 radical (unpaired) electrons. The van der Waals surface area contributed by atoms with Crippen molar-refractivity contribution < 1.29 is 33.3 Å². The molecule has 2 amide bonds. The van der Waals surface area contributed by atoms with Crippen molar-refractivity contribution in [3.63, 3.8) is 0 Å². The van der Waals surface area contributed by atoms with Crippen LogP contribution in [0.4, 0.5) is 0 Å². The number of rotatable bonds is 3. The highest BCUT2D eigenvalue weighted by Crippen LogP contribution is 2.44. The third-order valence-corrected chi connectivity index (χ3v) is 4.41. The molecule has 0 aromatic rings. The molecule has 3 rings (SSSR count). The molecular weight excluding hydrogens is 332 g/mol. The van der Waals surface area contributed by atoms with Crippen molar-refractivity contribution in [2.24, 2.45) is 0 Å². The van der Waals surface area contributed by atoms with Crippen molar-refractivity contribution in [3.05, 3.63) is 0 Å². The molecule has 9 nitrogen and oxygen atoms in total. The molecule has 0 unspecified atom stereocenters. The van der Waals surface area contributed by atoms with Crippen molar-refractivity contribution in [3.8, 4) is 0 Å². The lowest BCUT2D eigenvalue weighted by Crippen LogP contribution is -2.61. The van der Waals surface area contributed by atoms with Crippen LogP contribution < -0.4 is 10.6 Å². The molecule has 142 valence electrons. The standard InChI is InChI=1S/C16H26N2O7/c1-7(12(19)17-6)18-13(20)10-8-9(23-15(2,3)22-8)11-14(21-10)25-16(4,5)24-11/h7-11,14H,1-6H3,(H,17,19)(H,18,20)/t7-,8+,9-,10-,11+,14+/m0/s1. The maximum Gasteiger partial charge on any atom is 0.252 e. The first-order chi connectivity index (χ1) is 11.5. The van der Waals surface area contributed by atoms with Gasteiger partial charge in [-0.25, -0.2) is 0 Å². The second-order valence-electron chi connectivity index (χ2n) is 7.43. The molecule has 0 spiro atoms. The number of nitrogens with one attached hydrogen (secondary N) is 2. The topological polar surface area (TPSA) is 104 Å². The fourth-order valence-electron chi connectivity index (χ4n) is 3.40. The molecule has 0 bridgehead atoms. The summed E-state index contributed by atoms with van der Waals surface area (Å²) in [6.45, 7) is 8.67. The van der Waals surface area contributed by atoms with Crippen molar-refractivity contribution in [2.75, 3.05) is 7.05 Å². The van der Waals surface area contributed by atoms with Gasteiger partial charge in [0.1, 0.15) is 24.4 Å². The predicted octanol–water partition coefficient (Wildman–Crippen LogP) is -0.366. The van der Waals surface area contributed by atoms with E-state index < -0.39 is 54.2 Å². The number of ether oxygens (including phenoxy) is 5. The first kappa shape index (κ1) is 18.5. The Labute approximate surface area is 146 Å². The van der Waals surface area contributed by atoms with Crippen LogP contribution in [0.3, 0.4) is 0 Å². The normalized spacial score (nSPS) is 39.2. The third kappa shape index (κ3) is 3.52. The van der Waals surface area contributed by atoms with E-state index in [0.29, 0.717) is 0 Å². The molecule has 3 fully saturated rings. The summed E-state index contributed by atoms with van der Waals surface area (Å²) in [6, 6.07) is -0.704. The Balaban J connectivity index is 1.80. The number of amides is 2. The number of carbonyl (C=O) groups is 2. The van der Waals surface area contributed by atoms with Crippen LogP contribution in [0.2, 0.25) is 0 Å². The van der Waals surface area contributed by atoms with Gasteiger partial charge in [-0.05, 0) is 34.6 Å². The Morgan fingerprint density at radius 1 is 0.920 bits per heavy atom. The predicted molar refractivity (Wildman–Crippen MR) is 84.2 cm³/mol. The summed E-state index contributed by atoms with van der Waals surface area (Å²) in [6.07, 6.45) is -3.40. The highest BCUT2D eigenvalue weighted by molar-refractivity contribution is 5.89. The van der Waals surface area contributed by atoms with Gasteiger partial charge >= 0.3 is 0 Å². The molecule has 9 heteroatoms. The second-order valence-corrected chi connectivity index (χ2v) is 7.43. The molecule has 3 aliphatic heterocycles. The number of carbonyl (C=O) groups excluding carboxylic acids is 2. The first-order valence-electron chi connectivity index (χ1n) is 8.42. The third-order valence-electron chi connectivity index (χ3n) is 4.41. The highest BCUT2D eigenvalue weighted by Gasteiger charge is 2.62. The Bertz CT molecular complexity index is 565. The lowest BCUT2D eigenvalue weighted by atomic mass is 9.98.